The van der Waals surface area contributed by atoms with Crippen LogP contribution in [0.4, 0.5) is 29.0 Å². The van der Waals surface area contributed by atoms with E-state index in [0.717, 1.165) is 80.8 Å². The number of rotatable bonds is 6. The number of pyridine rings is 1. The summed E-state index contributed by atoms with van der Waals surface area (Å²) < 4.78 is 6.25. The van der Waals surface area contributed by atoms with Crippen molar-refractivity contribution in [2.24, 2.45) is 0 Å². The fourth-order valence-corrected chi connectivity index (χ4v) is 6.95. The lowest BCUT2D eigenvalue weighted by Gasteiger charge is -2.40. The number of likely N-dealkylation sites (N-methyl/N-ethyl adjacent to an activating group) is 2. The topological polar surface area (TPSA) is 97.0 Å². The van der Waals surface area contributed by atoms with Gasteiger partial charge in [0.1, 0.15) is 11.6 Å². The van der Waals surface area contributed by atoms with E-state index < -0.39 is 0 Å². The molecule has 0 spiro atoms. The lowest BCUT2D eigenvalue weighted by molar-refractivity contribution is -0.0658. The Hall–Kier alpha value is -3.35. The number of fused-ring (bicyclic) bond motifs is 3. The van der Waals surface area contributed by atoms with Gasteiger partial charge < -0.3 is 40.3 Å². The van der Waals surface area contributed by atoms with E-state index >= 15 is 0 Å². The molecule has 3 fully saturated rings. The summed E-state index contributed by atoms with van der Waals surface area (Å²) in [6.07, 6.45) is 2.87. The van der Waals surface area contributed by atoms with Gasteiger partial charge in [0.15, 0.2) is 0 Å². The van der Waals surface area contributed by atoms with E-state index in [2.05, 4.69) is 107 Å². The molecule has 0 aliphatic carbocycles. The summed E-state index contributed by atoms with van der Waals surface area (Å²) >= 11 is 0. The summed E-state index contributed by atoms with van der Waals surface area (Å²) in [4.78, 5) is 24.3. The third kappa shape index (κ3) is 8.62. The summed E-state index contributed by atoms with van der Waals surface area (Å²) in [6.45, 7) is 20.9. The van der Waals surface area contributed by atoms with E-state index in [0.29, 0.717) is 12.6 Å². The number of hydrogen-bond acceptors (Lipinski definition) is 11. The summed E-state index contributed by atoms with van der Waals surface area (Å²) in [5.41, 5.74) is 5.47. The van der Waals surface area contributed by atoms with E-state index in [1.807, 2.05) is 27.1 Å². The van der Waals surface area contributed by atoms with Crippen molar-refractivity contribution in [2.45, 2.75) is 65.1 Å². The van der Waals surface area contributed by atoms with Crippen LogP contribution in [0.5, 0.6) is 0 Å². The number of piperazine rings is 2. The lowest BCUT2D eigenvalue weighted by atomic mass is 9.85. The first-order valence-electron chi connectivity index (χ1n) is 17.8. The van der Waals surface area contributed by atoms with Gasteiger partial charge in [-0.3, -0.25) is 0 Å². The highest BCUT2D eigenvalue weighted by Gasteiger charge is 2.47. The van der Waals surface area contributed by atoms with Gasteiger partial charge in [0.05, 0.1) is 17.9 Å². The second-order valence-corrected chi connectivity index (χ2v) is 13.8. The van der Waals surface area contributed by atoms with Crippen LogP contribution < -0.4 is 25.8 Å². The van der Waals surface area contributed by atoms with E-state index in [1.165, 1.54) is 24.3 Å². The van der Waals surface area contributed by atoms with Gasteiger partial charge in [0, 0.05) is 94.0 Å². The van der Waals surface area contributed by atoms with Gasteiger partial charge in [-0.1, -0.05) is 19.9 Å². The molecule has 6 heterocycles. The highest BCUT2D eigenvalue weighted by Crippen LogP contribution is 2.49. The Morgan fingerprint density at radius 1 is 0.958 bits per heavy atom. The van der Waals surface area contributed by atoms with E-state index in [-0.39, 0.29) is 17.6 Å². The average molecular weight is 659 g/mol. The fourth-order valence-electron chi connectivity index (χ4n) is 6.95. The van der Waals surface area contributed by atoms with Gasteiger partial charge in [-0.05, 0) is 84.2 Å². The number of hydrogen-bond donors (Lipinski definition) is 3. The molecule has 0 radical (unpaired) electrons. The molecule has 1 unspecified atom stereocenters. The molecule has 11 nitrogen and oxygen atoms in total. The summed E-state index contributed by atoms with van der Waals surface area (Å²) in [6, 6.07) is 13.0. The summed E-state index contributed by atoms with van der Waals surface area (Å²) in [5, 5.41) is 9.97. The Morgan fingerprint density at radius 2 is 1.69 bits per heavy atom. The first-order chi connectivity index (χ1) is 23.2. The van der Waals surface area contributed by atoms with Crippen LogP contribution in [-0.2, 0) is 11.3 Å². The Labute approximate surface area is 288 Å². The van der Waals surface area contributed by atoms with Crippen molar-refractivity contribution < 1.29 is 4.74 Å². The van der Waals surface area contributed by atoms with Crippen LogP contribution in [0.15, 0.2) is 42.6 Å². The second-order valence-electron chi connectivity index (χ2n) is 13.8. The number of nitrogens with one attached hydrogen (secondary N) is 3. The van der Waals surface area contributed by atoms with Crippen molar-refractivity contribution in [2.75, 3.05) is 95.2 Å². The maximum atomic E-state index is 6.25. The Morgan fingerprint density at radius 3 is 2.35 bits per heavy atom. The third-order valence-electron chi connectivity index (χ3n) is 9.61. The molecule has 7 rings (SSSR count). The maximum Gasteiger partial charge on any atom is 0.229 e. The fraction of sp³-hybridized carbons (Fsp3) is 0.595. The Balaban J connectivity index is 0.000000440. The molecule has 11 heteroatoms. The molecule has 0 bridgehead atoms. The summed E-state index contributed by atoms with van der Waals surface area (Å²) in [7, 11) is 6.29. The Kier molecular flexibility index (Phi) is 12.3. The van der Waals surface area contributed by atoms with Crippen LogP contribution in [0.3, 0.4) is 0 Å². The van der Waals surface area contributed by atoms with Gasteiger partial charge in [0.25, 0.3) is 0 Å². The van der Waals surface area contributed by atoms with Gasteiger partial charge in [-0.15, -0.1) is 0 Å². The first-order valence-corrected chi connectivity index (χ1v) is 17.8. The number of anilines is 5. The van der Waals surface area contributed by atoms with Crippen molar-refractivity contribution in [3.8, 4) is 0 Å². The third-order valence-corrected chi connectivity index (χ3v) is 9.61. The van der Waals surface area contributed by atoms with Crippen molar-refractivity contribution in [1.29, 1.82) is 0 Å². The molecule has 0 amide bonds. The minimum atomic E-state index is -0.207. The molecule has 0 saturated carbocycles. The molecule has 4 aliphatic heterocycles. The predicted molar refractivity (Wildman–Crippen MR) is 198 cm³/mol. The van der Waals surface area contributed by atoms with Gasteiger partial charge in [-0.25, -0.2) is 9.97 Å². The van der Waals surface area contributed by atoms with Gasteiger partial charge >= 0.3 is 0 Å². The van der Waals surface area contributed by atoms with Crippen molar-refractivity contribution in [1.82, 2.24) is 35.4 Å². The molecular formula is C37H58N10O. The highest BCUT2D eigenvalue weighted by molar-refractivity contribution is 5.70. The van der Waals surface area contributed by atoms with Crippen molar-refractivity contribution in [3.63, 3.8) is 0 Å². The number of aryl methyl sites for hydroxylation is 1. The summed E-state index contributed by atoms with van der Waals surface area (Å²) in [5.74, 6) is 2.65. The molecule has 4 aliphatic rings. The monoisotopic (exact) mass is 658 g/mol. The van der Waals surface area contributed by atoms with Crippen LogP contribution in [0, 0.1) is 6.92 Å². The van der Waals surface area contributed by atoms with E-state index in [9.17, 15) is 0 Å². The molecule has 2 aromatic heterocycles. The molecule has 3 saturated heterocycles. The molecule has 3 N–H and O–H groups in total. The molecular weight excluding hydrogens is 600 g/mol. The number of benzene rings is 1. The molecule has 1 aromatic carbocycles. The zero-order valence-electron chi connectivity index (χ0n) is 30.5. The lowest BCUT2D eigenvalue weighted by Crippen LogP contribution is -2.45. The van der Waals surface area contributed by atoms with Gasteiger partial charge in [-0.2, -0.15) is 4.98 Å². The zero-order chi connectivity index (χ0) is 34.3. The predicted octanol–water partition coefficient (Wildman–Crippen LogP) is 4.75. The van der Waals surface area contributed by atoms with Crippen LogP contribution in [0.2, 0.25) is 0 Å². The largest absolute Gasteiger partial charge is 0.375 e. The van der Waals surface area contributed by atoms with E-state index in [4.69, 9.17) is 19.7 Å². The standard InChI is InChI=1S/C30H40N8O.C5H12N2.C2H6/c1-20-15-21(9-10-25(20)37-13-11-36(5)12-14-37)34-29-32-18-23-24-19-39-30(2,3)16-26(24)38(28(23)35-29)27-8-6-7-22(33-27)17-31-4;1-7-4-2-6-3-5-7;1-2/h6-10,15,18,24,26,31H,11-14,16-17,19H2,1-5H3,(H,32,34,35);6H,2-5H2,1H3;1-2H3/t24?,26-;;/m1../s1. The van der Waals surface area contributed by atoms with Crippen LogP contribution >= 0.6 is 0 Å². The quantitative estimate of drug-likeness (QED) is 0.343. The van der Waals surface area contributed by atoms with Crippen LogP contribution in [0.25, 0.3) is 0 Å². The second kappa shape index (κ2) is 16.4. The average Bonchev–Trinajstić information content (AvgIpc) is 3.39. The van der Waals surface area contributed by atoms with Crippen LogP contribution in [-0.4, -0.2) is 117 Å². The van der Waals surface area contributed by atoms with Crippen LogP contribution in [0.1, 0.15) is 56.9 Å². The normalized spacial score (nSPS) is 22.1. The number of nitrogens with zero attached hydrogens (tertiary/aromatic N) is 7. The van der Waals surface area contributed by atoms with Crippen molar-refractivity contribution >= 4 is 29.0 Å². The van der Waals surface area contributed by atoms with E-state index in [1.54, 1.807) is 0 Å². The highest BCUT2D eigenvalue weighted by atomic mass is 16.5. The minimum absolute atomic E-state index is 0.207. The maximum absolute atomic E-state index is 6.25. The Bertz CT molecular complexity index is 1470. The first kappa shape index (κ1) is 35.9. The van der Waals surface area contributed by atoms with Gasteiger partial charge in [0.2, 0.25) is 5.95 Å². The van der Waals surface area contributed by atoms with Crippen molar-refractivity contribution in [3.05, 3.63) is 59.4 Å². The minimum Gasteiger partial charge on any atom is -0.375 e. The molecule has 262 valence electrons. The number of ether oxygens (including phenoxy) is 1. The number of aromatic nitrogens is 3. The molecule has 48 heavy (non-hydrogen) atoms. The molecule has 2 atom stereocenters. The smallest absolute Gasteiger partial charge is 0.229 e. The zero-order valence-corrected chi connectivity index (χ0v) is 30.5. The SMILES string of the molecule is CC.CN1CCNCC1.CNCc1cccc(N2c3nc(Nc4ccc(N5CCN(C)CC5)c(C)c4)ncc3C3COC(C)(C)C[C@H]32)n1. The molecule has 3 aromatic rings.